The van der Waals surface area contributed by atoms with Crippen LogP contribution in [0.4, 0.5) is 17.1 Å². The van der Waals surface area contributed by atoms with Gasteiger partial charge < -0.3 is 5.32 Å². The van der Waals surface area contributed by atoms with Crippen LogP contribution in [0.2, 0.25) is 0 Å². The second-order valence-corrected chi connectivity index (χ2v) is 9.72. The van der Waals surface area contributed by atoms with Gasteiger partial charge in [0.05, 0.1) is 9.82 Å². The SMILES string of the molecule is Cc1cc(C)cc(NS(=O)(=O)c2ccc(NC(=S)NC(=O)/C=C/c3ccc([N+](=O)[O-])cc3)cc2)c1. The molecule has 0 saturated heterocycles. The van der Waals surface area contributed by atoms with E-state index in [0.717, 1.165) is 11.1 Å². The van der Waals surface area contributed by atoms with Crippen molar-refractivity contribution in [3.05, 3.63) is 99.6 Å². The maximum absolute atomic E-state index is 12.7. The molecule has 3 rings (SSSR count). The lowest BCUT2D eigenvalue weighted by molar-refractivity contribution is -0.384. The molecule has 3 N–H and O–H groups in total. The van der Waals surface area contributed by atoms with Crippen LogP contribution in [0.5, 0.6) is 0 Å². The number of aryl methyl sites for hydroxylation is 2. The van der Waals surface area contributed by atoms with Crippen molar-refractivity contribution in [3.8, 4) is 0 Å². The van der Waals surface area contributed by atoms with E-state index in [1.807, 2.05) is 19.9 Å². The molecule has 0 radical (unpaired) electrons. The average Bonchev–Trinajstić information content (AvgIpc) is 2.77. The zero-order valence-electron chi connectivity index (χ0n) is 18.8. The minimum atomic E-state index is -3.78. The van der Waals surface area contributed by atoms with Crippen LogP contribution in [0, 0.1) is 24.0 Å². The third-order valence-electron chi connectivity index (χ3n) is 4.66. The summed E-state index contributed by atoms with van der Waals surface area (Å²) in [4.78, 5) is 22.3. The van der Waals surface area contributed by atoms with E-state index in [1.165, 1.54) is 60.7 Å². The smallest absolute Gasteiger partial charge is 0.269 e. The topological polar surface area (TPSA) is 130 Å². The average molecular weight is 511 g/mol. The monoisotopic (exact) mass is 510 g/mol. The Morgan fingerprint density at radius 2 is 1.54 bits per heavy atom. The first-order chi connectivity index (χ1) is 16.5. The first-order valence-electron chi connectivity index (χ1n) is 10.3. The molecule has 0 aromatic heterocycles. The molecule has 0 aliphatic rings. The van der Waals surface area contributed by atoms with Crippen LogP contribution in [0.25, 0.3) is 6.08 Å². The molecule has 0 heterocycles. The predicted octanol–water partition coefficient (Wildman–Crippen LogP) is 4.54. The Balaban J connectivity index is 1.57. The second-order valence-electron chi connectivity index (χ2n) is 7.63. The van der Waals surface area contributed by atoms with Crippen LogP contribution in [0.15, 0.2) is 77.7 Å². The molecule has 0 spiro atoms. The third kappa shape index (κ3) is 7.45. The fraction of sp³-hybridized carbons (Fsp3) is 0.0833. The van der Waals surface area contributed by atoms with Crippen LogP contribution in [-0.4, -0.2) is 24.4 Å². The number of nitrogens with zero attached hydrogens (tertiary/aromatic N) is 1. The molecule has 0 atom stereocenters. The Morgan fingerprint density at radius 3 is 2.11 bits per heavy atom. The van der Waals surface area contributed by atoms with Gasteiger partial charge in [0.1, 0.15) is 0 Å². The van der Waals surface area contributed by atoms with Gasteiger partial charge in [-0.25, -0.2) is 8.42 Å². The van der Waals surface area contributed by atoms with Crippen molar-refractivity contribution in [2.75, 3.05) is 10.0 Å². The molecule has 3 aromatic rings. The summed E-state index contributed by atoms with van der Waals surface area (Å²) in [5.74, 6) is -0.502. The number of thiocarbonyl (C=S) groups is 1. The highest BCUT2D eigenvalue weighted by atomic mass is 32.2. The third-order valence-corrected chi connectivity index (χ3v) is 6.27. The molecule has 35 heavy (non-hydrogen) atoms. The number of anilines is 2. The van der Waals surface area contributed by atoms with E-state index in [4.69, 9.17) is 12.2 Å². The number of carbonyl (C=O) groups is 1. The molecular weight excluding hydrogens is 488 g/mol. The second kappa shape index (κ2) is 10.9. The van der Waals surface area contributed by atoms with E-state index in [0.29, 0.717) is 16.9 Å². The van der Waals surface area contributed by atoms with Gasteiger partial charge in [-0.05, 0) is 97.4 Å². The maximum Gasteiger partial charge on any atom is 0.269 e. The van der Waals surface area contributed by atoms with E-state index in [1.54, 1.807) is 12.1 Å². The quantitative estimate of drug-likeness (QED) is 0.184. The molecule has 9 nitrogen and oxygen atoms in total. The first-order valence-corrected chi connectivity index (χ1v) is 12.2. The fourth-order valence-electron chi connectivity index (χ4n) is 3.16. The molecule has 180 valence electrons. The van der Waals surface area contributed by atoms with Crippen molar-refractivity contribution in [2.24, 2.45) is 0 Å². The van der Waals surface area contributed by atoms with E-state index in [2.05, 4.69) is 15.4 Å². The first kappa shape index (κ1) is 25.5. The van der Waals surface area contributed by atoms with E-state index >= 15 is 0 Å². The Morgan fingerprint density at radius 1 is 0.943 bits per heavy atom. The molecule has 3 aromatic carbocycles. The molecule has 11 heteroatoms. The summed E-state index contributed by atoms with van der Waals surface area (Å²) < 4.78 is 27.9. The van der Waals surface area contributed by atoms with Gasteiger partial charge in [0.15, 0.2) is 5.11 Å². The molecule has 0 aliphatic heterocycles. The molecule has 0 unspecified atom stereocenters. The highest BCUT2D eigenvalue weighted by Gasteiger charge is 2.15. The predicted molar refractivity (Wildman–Crippen MR) is 140 cm³/mol. The Bertz CT molecular complexity index is 1380. The fourth-order valence-corrected chi connectivity index (χ4v) is 4.42. The summed E-state index contributed by atoms with van der Waals surface area (Å²) in [6.07, 6.45) is 2.73. The van der Waals surface area contributed by atoms with Gasteiger partial charge in [-0.3, -0.25) is 24.9 Å². The van der Waals surface area contributed by atoms with E-state index < -0.39 is 20.9 Å². The van der Waals surface area contributed by atoms with Crippen LogP contribution in [-0.2, 0) is 14.8 Å². The number of amides is 1. The summed E-state index contributed by atoms with van der Waals surface area (Å²) in [6, 6.07) is 17.1. The molecular formula is C24H22N4O5S2. The summed E-state index contributed by atoms with van der Waals surface area (Å²) in [7, 11) is -3.78. The lowest BCUT2D eigenvalue weighted by Gasteiger charge is -2.11. The van der Waals surface area contributed by atoms with Crippen molar-refractivity contribution in [2.45, 2.75) is 18.7 Å². The van der Waals surface area contributed by atoms with Gasteiger partial charge in [0.25, 0.3) is 15.7 Å². The highest BCUT2D eigenvalue weighted by molar-refractivity contribution is 7.92. The van der Waals surface area contributed by atoms with Crippen LogP contribution < -0.4 is 15.4 Å². The normalized spacial score (nSPS) is 11.1. The zero-order valence-corrected chi connectivity index (χ0v) is 20.4. The zero-order chi connectivity index (χ0) is 25.6. The summed E-state index contributed by atoms with van der Waals surface area (Å²) >= 11 is 5.12. The number of benzene rings is 3. The lowest BCUT2D eigenvalue weighted by atomic mass is 10.1. The van der Waals surface area contributed by atoms with Gasteiger partial charge in [0.2, 0.25) is 5.91 Å². The highest BCUT2D eigenvalue weighted by Crippen LogP contribution is 2.20. The number of sulfonamides is 1. The Kier molecular flexibility index (Phi) is 7.94. The van der Waals surface area contributed by atoms with E-state index in [-0.39, 0.29) is 15.7 Å². The van der Waals surface area contributed by atoms with E-state index in [9.17, 15) is 23.3 Å². The number of nitrogens with one attached hydrogen (secondary N) is 3. The van der Waals surface area contributed by atoms with Crippen LogP contribution in [0.3, 0.4) is 0 Å². The molecule has 1 amide bonds. The summed E-state index contributed by atoms with van der Waals surface area (Å²) in [6.45, 7) is 3.77. The largest absolute Gasteiger partial charge is 0.332 e. The van der Waals surface area contributed by atoms with Gasteiger partial charge in [-0.2, -0.15) is 0 Å². The van der Waals surface area contributed by atoms with Crippen LogP contribution in [0.1, 0.15) is 16.7 Å². The number of hydrogen-bond donors (Lipinski definition) is 3. The van der Waals surface area contributed by atoms with Gasteiger partial charge >= 0.3 is 0 Å². The summed E-state index contributed by atoms with van der Waals surface area (Å²) in [5.41, 5.74) is 3.42. The van der Waals surface area contributed by atoms with Gasteiger partial charge in [-0.15, -0.1) is 0 Å². The molecule has 0 saturated carbocycles. The van der Waals surface area contributed by atoms with Gasteiger partial charge in [-0.1, -0.05) is 6.07 Å². The lowest BCUT2D eigenvalue weighted by Crippen LogP contribution is -2.32. The van der Waals surface area contributed by atoms with Gasteiger partial charge in [0, 0.05) is 29.6 Å². The molecule has 0 aliphatic carbocycles. The molecule has 0 fully saturated rings. The Hall–Kier alpha value is -4.09. The number of hydrogen-bond acceptors (Lipinski definition) is 6. The molecule has 0 bridgehead atoms. The number of non-ortho nitro benzene ring substituents is 1. The Labute approximate surface area is 208 Å². The van der Waals surface area contributed by atoms with Crippen molar-refractivity contribution in [1.82, 2.24) is 5.32 Å². The minimum Gasteiger partial charge on any atom is -0.332 e. The van der Waals surface area contributed by atoms with Crippen molar-refractivity contribution >= 4 is 56.4 Å². The maximum atomic E-state index is 12.7. The number of nitro benzene ring substituents is 1. The standard InChI is InChI=1S/C24H22N4O5S2/c1-16-13-17(2)15-20(14-16)27-35(32,33)22-10-6-19(7-11-22)25-24(34)26-23(29)12-5-18-3-8-21(9-4-18)28(30)31/h3-15,27H,1-2H3,(H2,25,26,29,34)/b12-5+. The minimum absolute atomic E-state index is 0.0207. The van der Waals surface area contributed by atoms with Crippen molar-refractivity contribution < 1.29 is 18.1 Å². The van der Waals surface area contributed by atoms with Crippen LogP contribution >= 0.6 is 12.2 Å². The van der Waals surface area contributed by atoms with Crippen molar-refractivity contribution in [3.63, 3.8) is 0 Å². The summed E-state index contributed by atoms with van der Waals surface area (Å²) in [5, 5.41) is 16.0. The number of carbonyl (C=O) groups excluding carboxylic acids is 1. The van der Waals surface area contributed by atoms with Crippen molar-refractivity contribution in [1.29, 1.82) is 0 Å². The number of nitro groups is 1. The number of rotatable bonds is 7.